The van der Waals surface area contributed by atoms with Gasteiger partial charge in [0.25, 0.3) is 11.6 Å². The Morgan fingerprint density at radius 1 is 1.20 bits per heavy atom. The van der Waals surface area contributed by atoms with Gasteiger partial charge in [0.15, 0.2) is 16.5 Å². The second-order valence-corrected chi connectivity index (χ2v) is 12.3. The average molecular weight is 634 g/mol. The summed E-state index contributed by atoms with van der Waals surface area (Å²) in [6, 6.07) is 7.72. The molecular formula is C30H27N5O9S. The zero-order chi connectivity index (χ0) is 32.5. The highest BCUT2D eigenvalue weighted by atomic mass is 32.1. The van der Waals surface area contributed by atoms with Crippen molar-refractivity contribution in [3.8, 4) is 17.0 Å². The Kier molecular flexibility index (Phi) is 6.99. The molecular weight excluding hydrogens is 606 g/mol. The first-order valence-corrected chi connectivity index (χ1v) is 14.6. The van der Waals surface area contributed by atoms with Crippen molar-refractivity contribution in [3.63, 3.8) is 0 Å². The van der Waals surface area contributed by atoms with Crippen LogP contribution in [0.1, 0.15) is 17.5 Å². The summed E-state index contributed by atoms with van der Waals surface area (Å²) in [6.07, 6.45) is 0.0451. The topological polar surface area (TPSA) is 229 Å². The van der Waals surface area contributed by atoms with E-state index in [4.69, 9.17) is 5.73 Å². The summed E-state index contributed by atoms with van der Waals surface area (Å²) in [5.74, 6) is -7.27. The number of thiazole rings is 1. The largest absolute Gasteiger partial charge is 0.508 e. The molecule has 4 unspecified atom stereocenters. The van der Waals surface area contributed by atoms with E-state index in [1.165, 1.54) is 48.5 Å². The lowest BCUT2D eigenvalue weighted by Crippen LogP contribution is -2.65. The maximum atomic E-state index is 14.0. The van der Waals surface area contributed by atoms with Gasteiger partial charge in [0.2, 0.25) is 5.78 Å². The molecule has 15 heteroatoms. The highest BCUT2D eigenvalue weighted by Crippen LogP contribution is 2.53. The van der Waals surface area contributed by atoms with E-state index in [0.717, 1.165) is 0 Å². The van der Waals surface area contributed by atoms with E-state index in [0.29, 0.717) is 27.6 Å². The lowest BCUT2D eigenvalue weighted by atomic mass is 9.57. The molecule has 1 saturated carbocycles. The summed E-state index contributed by atoms with van der Waals surface area (Å²) >= 11 is 1.22. The number of ketones is 2. The van der Waals surface area contributed by atoms with Crippen LogP contribution in [0.15, 0.2) is 58.7 Å². The Bertz CT molecular complexity index is 1900. The van der Waals surface area contributed by atoms with Crippen LogP contribution in [-0.4, -0.2) is 78.4 Å². The molecule has 0 saturated heterocycles. The molecule has 0 bridgehead atoms. The van der Waals surface area contributed by atoms with Gasteiger partial charge in [-0.3, -0.25) is 29.4 Å². The van der Waals surface area contributed by atoms with Crippen molar-refractivity contribution in [2.45, 2.75) is 24.5 Å². The number of hydrogen-bond donors (Lipinski definition) is 6. The molecule has 6 rings (SSSR count). The number of carbonyl (C=O) groups is 3. The maximum absolute atomic E-state index is 14.0. The van der Waals surface area contributed by atoms with Crippen molar-refractivity contribution in [1.29, 1.82) is 0 Å². The molecule has 4 atom stereocenters. The number of nitrogens with zero attached hydrogens (tertiary/aromatic N) is 3. The standard InChI is InChI=1S/C30H27N5O9S/c1-34(2)23-16-10-13-9-15-17(32-29-33-18(11-45-29)12-4-3-5-14(8-12)35(43)44)6-7-19(36)21(15)24(37)20(13)26(39)30(16,42)27(40)22(25(23)38)28(31)41/h3-8,11,13,16,23,36-37,40,42H,9-10H2,1-2H3,(H2,31,41)(H,32,33). The predicted octanol–water partition coefficient (Wildman–Crippen LogP) is 2.74. The van der Waals surface area contributed by atoms with Crippen LogP contribution in [0.3, 0.4) is 0 Å². The van der Waals surface area contributed by atoms with Crippen molar-refractivity contribution in [2.75, 3.05) is 19.4 Å². The first kappa shape index (κ1) is 29.9. The monoisotopic (exact) mass is 633 g/mol. The van der Waals surface area contributed by atoms with Crippen LogP contribution in [0.4, 0.5) is 16.5 Å². The molecule has 1 aromatic heterocycles. The highest BCUT2D eigenvalue weighted by Gasteiger charge is 2.64. The summed E-state index contributed by atoms with van der Waals surface area (Å²) in [7, 11) is 3.06. The molecule has 0 radical (unpaired) electrons. The molecule has 2 aromatic carbocycles. The zero-order valence-electron chi connectivity index (χ0n) is 23.8. The van der Waals surface area contributed by atoms with Crippen LogP contribution in [0, 0.1) is 22.0 Å². The molecule has 14 nitrogen and oxygen atoms in total. The van der Waals surface area contributed by atoms with Crippen molar-refractivity contribution >= 4 is 51.1 Å². The Hall–Kier alpha value is -5.12. The Morgan fingerprint density at radius 3 is 2.60 bits per heavy atom. The molecule has 0 spiro atoms. The number of likely N-dealkylation sites (N-methyl/N-ethyl adjacent to an activating group) is 1. The minimum atomic E-state index is -2.72. The third-order valence-corrected chi connectivity index (χ3v) is 9.46. The molecule has 3 aliphatic carbocycles. The Balaban J connectivity index is 1.42. The smallest absolute Gasteiger partial charge is 0.270 e. The number of nitro groups is 1. The number of anilines is 2. The number of aliphatic hydroxyl groups is 3. The molecule has 7 N–H and O–H groups in total. The van der Waals surface area contributed by atoms with Gasteiger partial charge in [0.05, 0.1) is 22.2 Å². The molecule has 232 valence electrons. The third-order valence-electron chi connectivity index (χ3n) is 8.70. The van der Waals surface area contributed by atoms with Crippen molar-refractivity contribution < 1.29 is 39.7 Å². The number of fused-ring (bicyclic) bond motifs is 3. The quantitative estimate of drug-likeness (QED) is 0.0996. The number of aromatic nitrogens is 1. The van der Waals surface area contributed by atoms with Crippen LogP contribution >= 0.6 is 11.3 Å². The summed E-state index contributed by atoms with van der Waals surface area (Å²) in [5.41, 5.74) is 3.27. The summed E-state index contributed by atoms with van der Waals surface area (Å²) in [5, 5.41) is 61.4. The first-order chi connectivity index (χ1) is 21.2. The van der Waals surface area contributed by atoms with E-state index >= 15 is 0 Å². The van der Waals surface area contributed by atoms with E-state index in [2.05, 4.69) is 10.3 Å². The fourth-order valence-corrected chi connectivity index (χ4v) is 7.45. The minimum Gasteiger partial charge on any atom is -0.508 e. The van der Waals surface area contributed by atoms with Gasteiger partial charge >= 0.3 is 0 Å². The number of nitrogens with one attached hydrogen (secondary N) is 1. The number of primary amides is 1. The Morgan fingerprint density at radius 2 is 1.93 bits per heavy atom. The number of nitro benzene ring substituents is 1. The average Bonchev–Trinajstić information content (AvgIpc) is 3.45. The zero-order valence-corrected chi connectivity index (χ0v) is 24.7. The second kappa shape index (κ2) is 10.5. The number of rotatable bonds is 6. The molecule has 45 heavy (non-hydrogen) atoms. The number of phenols is 1. The fraction of sp³-hybridized carbons (Fsp3) is 0.267. The number of non-ortho nitro benzene ring substituents is 1. The summed E-state index contributed by atoms with van der Waals surface area (Å²) in [6.45, 7) is 0. The van der Waals surface area contributed by atoms with Crippen molar-refractivity contribution in [3.05, 3.63) is 79.9 Å². The fourth-order valence-electron chi connectivity index (χ4n) is 6.72. The predicted molar refractivity (Wildman–Crippen MR) is 162 cm³/mol. The number of benzene rings is 2. The number of phenolic OH excluding ortho intramolecular Hbond substituents is 1. The molecule has 1 amide bonds. The van der Waals surface area contributed by atoms with Gasteiger partial charge in [0, 0.05) is 40.3 Å². The van der Waals surface area contributed by atoms with E-state index in [-0.39, 0.29) is 35.4 Å². The van der Waals surface area contributed by atoms with Crippen LogP contribution in [0.5, 0.6) is 5.75 Å². The lowest BCUT2D eigenvalue weighted by Gasteiger charge is -2.50. The van der Waals surface area contributed by atoms with E-state index in [1.54, 1.807) is 23.6 Å². The molecule has 3 aromatic rings. The SMILES string of the molecule is CN(C)C1C(=O)C(C(N)=O)=C(O)C2(O)C(=O)C3=C(O)c4c(O)ccc(Nc5nc(-c6cccc([N+](=O)[O-])c6)cs5)c4CC3CC12. The van der Waals surface area contributed by atoms with Gasteiger partial charge in [-0.15, -0.1) is 11.3 Å². The van der Waals surface area contributed by atoms with Crippen molar-refractivity contribution in [1.82, 2.24) is 9.88 Å². The first-order valence-electron chi connectivity index (χ1n) is 13.7. The van der Waals surface area contributed by atoms with Crippen LogP contribution in [-0.2, 0) is 20.8 Å². The maximum Gasteiger partial charge on any atom is 0.270 e. The van der Waals surface area contributed by atoms with Gasteiger partial charge in [0.1, 0.15) is 22.8 Å². The van der Waals surface area contributed by atoms with E-state index < -0.39 is 63.0 Å². The van der Waals surface area contributed by atoms with Gasteiger partial charge < -0.3 is 31.5 Å². The molecule has 1 fully saturated rings. The van der Waals surface area contributed by atoms with Gasteiger partial charge in [-0.25, -0.2) is 4.98 Å². The highest BCUT2D eigenvalue weighted by molar-refractivity contribution is 7.14. The van der Waals surface area contributed by atoms with Gasteiger partial charge in [-0.2, -0.15) is 0 Å². The van der Waals surface area contributed by atoms with E-state index in [9.17, 15) is 44.9 Å². The molecule has 0 aliphatic heterocycles. The van der Waals surface area contributed by atoms with E-state index in [1.807, 2.05) is 0 Å². The summed E-state index contributed by atoms with van der Waals surface area (Å²) in [4.78, 5) is 56.1. The Labute approximate surface area is 258 Å². The third kappa shape index (κ3) is 4.46. The number of hydrogen-bond acceptors (Lipinski definition) is 13. The molecule has 1 heterocycles. The number of aromatic hydroxyl groups is 1. The van der Waals surface area contributed by atoms with Crippen LogP contribution in [0.25, 0.3) is 17.0 Å². The number of nitrogens with two attached hydrogens (primary N) is 1. The normalized spacial score (nSPS) is 24.3. The molecule has 3 aliphatic rings. The second-order valence-electron chi connectivity index (χ2n) is 11.4. The van der Waals surface area contributed by atoms with Crippen LogP contribution in [0.2, 0.25) is 0 Å². The minimum absolute atomic E-state index is 0.0466. The van der Waals surface area contributed by atoms with Crippen molar-refractivity contribution in [2.24, 2.45) is 17.6 Å². The number of amides is 1. The van der Waals surface area contributed by atoms with Gasteiger partial charge in [-0.05, 0) is 50.6 Å². The summed E-state index contributed by atoms with van der Waals surface area (Å²) < 4.78 is 0. The number of Topliss-reactive ketones (excluding diaryl/α,β-unsaturated/α-hetero) is 2. The number of aliphatic hydroxyl groups excluding tert-OH is 2. The van der Waals surface area contributed by atoms with Gasteiger partial charge in [-0.1, -0.05) is 12.1 Å². The van der Waals surface area contributed by atoms with Crippen LogP contribution < -0.4 is 11.1 Å². The number of carbonyl (C=O) groups excluding carboxylic acids is 3. The lowest BCUT2D eigenvalue weighted by molar-refractivity contribution is -0.384.